The first-order chi connectivity index (χ1) is 26.3. The van der Waals surface area contributed by atoms with Crippen molar-refractivity contribution in [1.82, 2.24) is 9.13 Å². The van der Waals surface area contributed by atoms with Gasteiger partial charge >= 0.3 is 0 Å². The zero-order valence-electron chi connectivity index (χ0n) is 28.8. The number of thiophene rings is 1. The quantitative estimate of drug-likeness (QED) is 0.170. The third-order valence-electron chi connectivity index (χ3n) is 10.8. The Morgan fingerprint density at radius 3 is 1.60 bits per heavy atom. The van der Waals surface area contributed by atoms with Gasteiger partial charge in [0.2, 0.25) is 0 Å². The Morgan fingerprint density at radius 1 is 0.340 bits per heavy atom. The van der Waals surface area contributed by atoms with Gasteiger partial charge in [-0.25, -0.2) is 0 Å². The predicted molar refractivity (Wildman–Crippen MR) is 227 cm³/mol. The Labute approximate surface area is 311 Å². The highest BCUT2D eigenvalue weighted by atomic mass is 32.1. The second-order valence-corrected chi connectivity index (χ2v) is 14.8. The van der Waals surface area contributed by atoms with Crippen molar-refractivity contribution in [2.75, 3.05) is 0 Å². The summed E-state index contributed by atoms with van der Waals surface area (Å²) in [5.41, 5.74) is 13.5. The zero-order valence-corrected chi connectivity index (χ0v) is 29.6. The molecule has 0 amide bonds. The van der Waals surface area contributed by atoms with Gasteiger partial charge in [-0.15, -0.1) is 11.3 Å². The van der Waals surface area contributed by atoms with E-state index in [1.165, 1.54) is 86.3 Å². The summed E-state index contributed by atoms with van der Waals surface area (Å²) in [7, 11) is 0. The highest BCUT2D eigenvalue weighted by molar-refractivity contribution is 7.26. The van der Waals surface area contributed by atoms with Crippen molar-refractivity contribution in [1.29, 1.82) is 0 Å². The average molecular weight is 693 g/mol. The number of nitrogens with zero attached hydrogens (tertiary/aromatic N) is 2. The maximum atomic E-state index is 2.42. The fraction of sp³-hybridized carbons (Fsp3) is 0. The number of hydrogen-bond donors (Lipinski definition) is 0. The molecule has 53 heavy (non-hydrogen) atoms. The lowest BCUT2D eigenvalue weighted by molar-refractivity contribution is 1.12. The van der Waals surface area contributed by atoms with Crippen molar-refractivity contribution < 1.29 is 0 Å². The number of aromatic nitrogens is 2. The molecule has 0 bridgehead atoms. The van der Waals surface area contributed by atoms with Gasteiger partial charge in [0.1, 0.15) is 0 Å². The number of para-hydroxylation sites is 2. The lowest BCUT2D eigenvalue weighted by Gasteiger charge is -2.12. The van der Waals surface area contributed by atoms with E-state index in [0.29, 0.717) is 0 Å². The van der Waals surface area contributed by atoms with Crippen LogP contribution in [-0.2, 0) is 0 Å². The minimum absolute atomic E-state index is 1.14. The van der Waals surface area contributed by atoms with E-state index < -0.39 is 0 Å². The number of rotatable bonds is 5. The second kappa shape index (κ2) is 11.9. The van der Waals surface area contributed by atoms with Crippen molar-refractivity contribution in [2.24, 2.45) is 0 Å². The van der Waals surface area contributed by atoms with Crippen LogP contribution in [-0.4, -0.2) is 9.13 Å². The molecule has 3 heterocycles. The first-order valence-corrected chi connectivity index (χ1v) is 18.9. The fourth-order valence-corrected chi connectivity index (χ4v) is 9.65. The van der Waals surface area contributed by atoms with E-state index in [2.05, 4.69) is 203 Å². The van der Waals surface area contributed by atoms with E-state index >= 15 is 0 Å². The van der Waals surface area contributed by atoms with Gasteiger partial charge in [0.25, 0.3) is 0 Å². The third-order valence-corrected chi connectivity index (χ3v) is 12.1. The van der Waals surface area contributed by atoms with E-state index in [-0.39, 0.29) is 0 Å². The number of benzene rings is 8. The van der Waals surface area contributed by atoms with Crippen LogP contribution in [0.2, 0.25) is 0 Å². The molecule has 0 saturated heterocycles. The summed E-state index contributed by atoms with van der Waals surface area (Å²) < 4.78 is 7.43. The SMILES string of the molecule is c1ccc(-c2ccc(-c3cccc4c3sc3c(-c5ccc(-n6ccc7ccc8c9ccccc9n(-c9ccccc9)c8c76)cc5)cccc34)cc2)cc1. The van der Waals surface area contributed by atoms with Crippen LogP contribution in [0.1, 0.15) is 0 Å². The Morgan fingerprint density at radius 2 is 0.906 bits per heavy atom. The maximum Gasteiger partial charge on any atom is 0.0788 e. The van der Waals surface area contributed by atoms with Gasteiger partial charge in [-0.05, 0) is 69.8 Å². The van der Waals surface area contributed by atoms with Crippen LogP contribution in [0, 0.1) is 0 Å². The maximum absolute atomic E-state index is 2.42. The molecule has 11 aromatic rings. The molecule has 11 rings (SSSR count). The van der Waals surface area contributed by atoms with Gasteiger partial charge in [0, 0.05) is 53.9 Å². The van der Waals surface area contributed by atoms with Crippen LogP contribution >= 0.6 is 11.3 Å². The van der Waals surface area contributed by atoms with Crippen LogP contribution < -0.4 is 0 Å². The molecule has 0 spiro atoms. The highest BCUT2D eigenvalue weighted by Crippen LogP contribution is 2.44. The minimum atomic E-state index is 1.14. The predicted octanol–water partition coefficient (Wildman–Crippen LogP) is 14.1. The Kier molecular flexibility index (Phi) is 6.76. The molecule has 0 unspecified atom stereocenters. The minimum Gasteiger partial charge on any atom is -0.315 e. The molecule has 8 aromatic carbocycles. The lowest BCUT2D eigenvalue weighted by Crippen LogP contribution is -1.97. The standard InChI is InChI=1S/C50H32N2S/c1-3-11-33(12-4-1)34-21-23-35(24-22-34)40-16-9-18-44-45-19-10-17-41(50(45)53-49(40)44)36-25-28-38(29-26-36)51-32-31-37-27-30-43-42-15-7-8-20-46(42)52(48(43)47(37)51)39-13-5-2-6-14-39/h1-32H. The third kappa shape index (κ3) is 4.71. The first kappa shape index (κ1) is 30.0. The Balaban J connectivity index is 1.02. The monoisotopic (exact) mass is 692 g/mol. The van der Waals surface area contributed by atoms with Gasteiger partial charge in [-0.2, -0.15) is 0 Å². The summed E-state index contributed by atoms with van der Waals surface area (Å²) in [6.07, 6.45) is 2.22. The topological polar surface area (TPSA) is 9.86 Å². The molecule has 0 saturated carbocycles. The molecule has 3 heteroatoms. The lowest BCUT2D eigenvalue weighted by atomic mass is 9.98. The van der Waals surface area contributed by atoms with E-state index in [4.69, 9.17) is 0 Å². The first-order valence-electron chi connectivity index (χ1n) is 18.1. The summed E-state index contributed by atoms with van der Waals surface area (Å²) in [4.78, 5) is 0. The normalized spacial score (nSPS) is 11.8. The van der Waals surface area contributed by atoms with Gasteiger partial charge in [-0.3, -0.25) is 0 Å². The van der Waals surface area contributed by atoms with Crippen LogP contribution in [0.4, 0.5) is 0 Å². The Hall–Kier alpha value is -6.68. The van der Waals surface area contributed by atoms with Gasteiger partial charge in [0.15, 0.2) is 0 Å². The number of fused-ring (bicyclic) bond motifs is 8. The average Bonchev–Trinajstić information content (AvgIpc) is 3.94. The second-order valence-electron chi connectivity index (χ2n) is 13.7. The zero-order chi connectivity index (χ0) is 34.9. The Bertz CT molecular complexity index is 3130. The summed E-state index contributed by atoms with van der Waals surface area (Å²) in [5, 5.41) is 6.37. The molecule has 2 nitrogen and oxygen atoms in total. The summed E-state index contributed by atoms with van der Waals surface area (Å²) in [5.74, 6) is 0. The summed E-state index contributed by atoms with van der Waals surface area (Å²) >= 11 is 1.90. The van der Waals surface area contributed by atoms with E-state index in [1.807, 2.05) is 11.3 Å². The summed E-state index contributed by atoms with van der Waals surface area (Å²) in [6, 6.07) is 68.5. The molecule has 0 aliphatic rings. The van der Waals surface area contributed by atoms with Gasteiger partial charge in [-0.1, -0.05) is 152 Å². The molecule has 0 N–H and O–H groups in total. The molecule has 0 radical (unpaired) electrons. The molecular weight excluding hydrogens is 661 g/mol. The highest BCUT2D eigenvalue weighted by Gasteiger charge is 2.18. The molecule has 0 aliphatic heterocycles. The molecule has 0 fully saturated rings. The van der Waals surface area contributed by atoms with Crippen molar-refractivity contribution in [3.63, 3.8) is 0 Å². The van der Waals surface area contributed by atoms with Crippen LogP contribution in [0.25, 0.3) is 97.6 Å². The van der Waals surface area contributed by atoms with E-state index in [1.54, 1.807) is 0 Å². The van der Waals surface area contributed by atoms with Crippen molar-refractivity contribution in [3.05, 3.63) is 194 Å². The van der Waals surface area contributed by atoms with Crippen molar-refractivity contribution >= 4 is 64.2 Å². The van der Waals surface area contributed by atoms with Crippen LogP contribution in [0.15, 0.2) is 194 Å². The molecular formula is C50H32N2S. The summed E-state index contributed by atoms with van der Waals surface area (Å²) in [6.45, 7) is 0. The smallest absolute Gasteiger partial charge is 0.0788 e. The van der Waals surface area contributed by atoms with Crippen molar-refractivity contribution in [3.8, 4) is 44.8 Å². The van der Waals surface area contributed by atoms with Gasteiger partial charge in [0.05, 0.1) is 16.6 Å². The molecule has 248 valence electrons. The number of hydrogen-bond acceptors (Lipinski definition) is 1. The largest absolute Gasteiger partial charge is 0.315 e. The van der Waals surface area contributed by atoms with Gasteiger partial charge < -0.3 is 9.13 Å². The van der Waals surface area contributed by atoms with Crippen LogP contribution in [0.3, 0.4) is 0 Å². The van der Waals surface area contributed by atoms with Crippen LogP contribution in [0.5, 0.6) is 0 Å². The van der Waals surface area contributed by atoms with E-state index in [9.17, 15) is 0 Å². The molecule has 0 atom stereocenters. The molecule has 3 aromatic heterocycles. The van der Waals surface area contributed by atoms with Crippen molar-refractivity contribution in [2.45, 2.75) is 0 Å². The van der Waals surface area contributed by atoms with E-state index in [0.717, 1.165) is 11.4 Å². The molecule has 0 aliphatic carbocycles. The fourth-order valence-electron chi connectivity index (χ4n) is 8.28.